The topological polar surface area (TPSA) is 207 Å². The van der Waals surface area contributed by atoms with Gasteiger partial charge >= 0.3 is 5.97 Å². The van der Waals surface area contributed by atoms with Crippen LogP contribution in [0.15, 0.2) is 134 Å². The Labute approximate surface area is 409 Å². The quantitative estimate of drug-likeness (QED) is 0.0984. The molecule has 0 spiro atoms. The molecule has 1 amide bonds. The van der Waals surface area contributed by atoms with Crippen LogP contribution >= 0.6 is 12.4 Å². The largest absolute Gasteiger partial charge is 0.491 e. The number of aryl methyl sites for hydroxylation is 2. The molecule has 360 valence electrons. The number of nitrogens with two attached hydrogens (primary N) is 1. The number of ether oxygens (including phenoxy) is 4. The standard InChI is InChI=1S/C26H23FN4O3.C18H13FN2O2.C8H12N2O2.ClH/c1-16-9-18(13-28-12-16)19-11-22(24(29-14-19)17-5-4-6-20(27)10-17)25(32)30-15-21-7-8-23(33-2)26(31-21)34-3;1-11-5-13(9-20-8-11)14-7-16(18(22)23)17(21-10-14)12-3-2-4-15(19)6-12;1-11-7-4-3-6(5-9)10-8(7)12-2;/h4-14H,15H2,1-3H3,(H,30,32);2-10H,1H3,(H,22,23);3-4H,5,9H2,1-2H3;1H. The number of halogens is 3. The third-order valence-corrected chi connectivity index (χ3v) is 10.1. The average molecular weight is 971 g/mol. The molecule has 0 atom stereocenters. The van der Waals surface area contributed by atoms with Gasteiger partial charge in [0.15, 0.2) is 11.5 Å². The molecule has 0 fully saturated rings. The van der Waals surface area contributed by atoms with E-state index in [2.05, 4.69) is 35.2 Å². The molecule has 0 unspecified atom stereocenters. The predicted molar refractivity (Wildman–Crippen MR) is 263 cm³/mol. The van der Waals surface area contributed by atoms with Gasteiger partial charge in [-0.25, -0.2) is 23.5 Å². The van der Waals surface area contributed by atoms with Gasteiger partial charge in [0.05, 0.1) is 68.9 Å². The first kappa shape index (κ1) is 52.6. The highest BCUT2D eigenvalue weighted by Crippen LogP contribution is 2.30. The van der Waals surface area contributed by atoms with Crippen LogP contribution < -0.4 is 30.0 Å². The van der Waals surface area contributed by atoms with E-state index < -0.39 is 17.6 Å². The molecular weight excluding hydrogens is 922 g/mol. The molecule has 6 aromatic heterocycles. The Bertz CT molecular complexity index is 3090. The molecule has 18 heteroatoms. The summed E-state index contributed by atoms with van der Waals surface area (Å²) in [6.07, 6.45) is 10.1. The molecular formula is C52H49ClF2N8O7. The molecule has 4 N–H and O–H groups in total. The highest BCUT2D eigenvalue weighted by molar-refractivity contribution is 6.01. The van der Waals surface area contributed by atoms with Crippen molar-refractivity contribution in [3.05, 3.63) is 180 Å². The number of hydrogen-bond acceptors (Lipinski definition) is 13. The van der Waals surface area contributed by atoms with Gasteiger partial charge in [0.2, 0.25) is 0 Å². The van der Waals surface area contributed by atoms with Crippen LogP contribution in [0.1, 0.15) is 43.2 Å². The van der Waals surface area contributed by atoms with Crippen LogP contribution in [0.3, 0.4) is 0 Å². The minimum absolute atomic E-state index is 0. The number of methoxy groups -OCH3 is 4. The number of amides is 1. The molecule has 15 nitrogen and oxygen atoms in total. The number of aromatic nitrogens is 6. The smallest absolute Gasteiger partial charge is 0.337 e. The zero-order chi connectivity index (χ0) is 49.5. The minimum atomic E-state index is -1.11. The number of aromatic carboxylic acids is 1. The number of rotatable bonds is 13. The van der Waals surface area contributed by atoms with E-state index in [0.29, 0.717) is 63.4 Å². The second kappa shape index (κ2) is 25.1. The molecule has 70 heavy (non-hydrogen) atoms. The number of carbonyl (C=O) groups excluding carboxylic acids is 1. The van der Waals surface area contributed by atoms with Crippen LogP contribution in [0.5, 0.6) is 23.3 Å². The molecule has 8 aromatic rings. The minimum Gasteiger partial charge on any atom is -0.491 e. The molecule has 0 saturated carbocycles. The number of nitrogens with one attached hydrogen (secondary N) is 1. The van der Waals surface area contributed by atoms with Crippen molar-refractivity contribution in [3.63, 3.8) is 0 Å². The Hall–Kier alpha value is -8.41. The average Bonchev–Trinajstić information content (AvgIpc) is 3.37. The van der Waals surface area contributed by atoms with Gasteiger partial charge in [-0.2, -0.15) is 0 Å². The lowest BCUT2D eigenvalue weighted by Gasteiger charge is -2.13. The van der Waals surface area contributed by atoms with E-state index in [-0.39, 0.29) is 36.1 Å². The van der Waals surface area contributed by atoms with Crippen LogP contribution in [-0.4, -0.2) is 75.3 Å². The van der Waals surface area contributed by atoms with Gasteiger partial charge in [0, 0.05) is 77.1 Å². The fourth-order valence-corrected chi connectivity index (χ4v) is 6.75. The molecule has 0 radical (unpaired) electrons. The van der Waals surface area contributed by atoms with Crippen LogP contribution in [0, 0.1) is 25.5 Å². The fourth-order valence-electron chi connectivity index (χ4n) is 6.75. The van der Waals surface area contributed by atoms with Crippen molar-refractivity contribution in [2.24, 2.45) is 5.73 Å². The maximum absolute atomic E-state index is 13.9. The van der Waals surface area contributed by atoms with Crippen molar-refractivity contribution in [1.29, 1.82) is 0 Å². The Kier molecular flexibility index (Phi) is 18.8. The summed E-state index contributed by atoms with van der Waals surface area (Å²) in [4.78, 5) is 50.4. The maximum Gasteiger partial charge on any atom is 0.337 e. The number of nitrogens with zero attached hydrogens (tertiary/aromatic N) is 6. The van der Waals surface area contributed by atoms with Crippen LogP contribution in [0.4, 0.5) is 8.78 Å². The summed E-state index contributed by atoms with van der Waals surface area (Å²) >= 11 is 0. The highest BCUT2D eigenvalue weighted by Gasteiger charge is 2.19. The number of carboxylic acid groups (broad SMARTS) is 1. The lowest BCUT2D eigenvalue weighted by atomic mass is 10.0. The number of benzene rings is 2. The SMILES string of the molecule is COc1ccc(CN)nc1OC.COc1ccc(CNC(=O)c2cc(-c3cncc(C)c3)cnc2-c2cccc(F)c2)nc1OC.Cc1cncc(-c2cnc(-c3cccc(F)c3)c(C(=O)O)c2)c1.Cl. The first-order valence-corrected chi connectivity index (χ1v) is 21.1. The van der Waals surface area contributed by atoms with E-state index in [4.69, 9.17) is 24.7 Å². The summed E-state index contributed by atoms with van der Waals surface area (Å²) in [6, 6.07) is 25.9. The molecule has 8 rings (SSSR count). The third-order valence-electron chi connectivity index (χ3n) is 10.1. The van der Waals surface area contributed by atoms with Gasteiger partial charge in [-0.15, -0.1) is 12.4 Å². The Morgan fingerprint density at radius 3 is 1.47 bits per heavy atom. The zero-order valence-electron chi connectivity index (χ0n) is 38.9. The van der Waals surface area contributed by atoms with Crippen LogP contribution in [0.2, 0.25) is 0 Å². The lowest BCUT2D eigenvalue weighted by Crippen LogP contribution is -2.24. The zero-order valence-corrected chi connectivity index (χ0v) is 39.8. The highest BCUT2D eigenvalue weighted by atomic mass is 35.5. The Morgan fingerprint density at radius 2 is 1.03 bits per heavy atom. The number of pyridine rings is 6. The molecule has 0 saturated heterocycles. The Balaban J connectivity index is 0.000000218. The predicted octanol–water partition coefficient (Wildman–Crippen LogP) is 9.54. The summed E-state index contributed by atoms with van der Waals surface area (Å²) in [6.45, 7) is 4.40. The lowest BCUT2D eigenvalue weighted by molar-refractivity contribution is 0.0697. The normalized spacial score (nSPS) is 10.2. The second-order valence-corrected chi connectivity index (χ2v) is 15.0. The van der Waals surface area contributed by atoms with E-state index in [0.717, 1.165) is 33.5 Å². The van der Waals surface area contributed by atoms with Gasteiger partial charge in [0.1, 0.15) is 11.6 Å². The molecule has 6 heterocycles. The third kappa shape index (κ3) is 13.6. The van der Waals surface area contributed by atoms with E-state index >= 15 is 0 Å². The molecule has 0 aliphatic heterocycles. The monoisotopic (exact) mass is 970 g/mol. The number of hydrogen-bond donors (Lipinski definition) is 3. The number of carboxylic acids is 1. The van der Waals surface area contributed by atoms with Gasteiger partial charge in [-0.05, 0) is 97.8 Å². The van der Waals surface area contributed by atoms with Crippen molar-refractivity contribution < 1.29 is 42.4 Å². The summed E-state index contributed by atoms with van der Waals surface area (Å²) in [7, 11) is 6.14. The van der Waals surface area contributed by atoms with Gasteiger partial charge in [-0.1, -0.05) is 24.3 Å². The molecule has 0 aliphatic rings. The fraction of sp³-hybridized carbons (Fsp3) is 0.154. The maximum atomic E-state index is 13.9. The number of carbonyl (C=O) groups is 2. The van der Waals surface area contributed by atoms with E-state index in [1.54, 1.807) is 99.9 Å². The second-order valence-electron chi connectivity index (χ2n) is 15.0. The first-order chi connectivity index (χ1) is 33.3. The molecule has 2 aromatic carbocycles. The van der Waals surface area contributed by atoms with Crippen molar-refractivity contribution >= 4 is 24.3 Å². The summed E-state index contributed by atoms with van der Waals surface area (Å²) in [5.41, 5.74) is 13.6. The summed E-state index contributed by atoms with van der Waals surface area (Å²) in [5, 5.41) is 12.3. The molecule has 0 aliphatic carbocycles. The first-order valence-electron chi connectivity index (χ1n) is 21.1. The summed E-state index contributed by atoms with van der Waals surface area (Å²) in [5.74, 6) is -0.417. The van der Waals surface area contributed by atoms with E-state index in [1.165, 1.54) is 50.6 Å². The van der Waals surface area contributed by atoms with Gasteiger partial charge in [-0.3, -0.25) is 24.7 Å². The van der Waals surface area contributed by atoms with Crippen LogP contribution in [0.25, 0.3) is 44.8 Å². The summed E-state index contributed by atoms with van der Waals surface area (Å²) < 4.78 is 47.7. The van der Waals surface area contributed by atoms with Gasteiger partial charge in [0.25, 0.3) is 17.7 Å². The molecule has 0 bridgehead atoms. The van der Waals surface area contributed by atoms with E-state index in [1.807, 2.05) is 26.0 Å². The van der Waals surface area contributed by atoms with Crippen molar-refractivity contribution in [1.82, 2.24) is 35.2 Å². The van der Waals surface area contributed by atoms with Gasteiger partial charge < -0.3 is 35.1 Å². The van der Waals surface area contributed by atoms with Crippen molar-refractivity contribution in [2.45, 2.75) is 26.9 Å². The van der Waals surface area contributed by atoms with E-state index in [9.17, 15) is 23.5 Å². The Morgan fingerprint density at radius 1 is 0.571 bits per heavy atom. The van der Waals surface area contributed by atoms with Crippen LogP contribution in [-0.2, 0) is 13.1 Å². The van der Waals surface area contributed by atoms with Crippen molar-refractivity contribution in [2.75, 3.05) is 28.4 Å². The van der Waals surface area contributed by atoms with Crippen molar-refractivity contribution in [3.8, 4) is 68.0 Å².